The van der Waals surface area contributed by atoms with E-state index in [1.165, 1.54) is 44.2 Å². The number of ketones is 1. The number of hydrogen-bond acceptors (Lipinski definition) is 3. The molecule has 4 heteroatoms. The van der Waals surface area contributed by atoms with Gasteiger partial charge in [-0.15, -0.1) is 11.6 Å². The van der Waals surface area contributed by atoms with Crippen LogP contribution in [0.5, 0.6) is 0 Å². The Morgan fingerprint density at radius 2 is 2.03 bits per heavy atom. The highest BCUT2D eigenvalue weighted by atomic mass is 35.5. The highest BCUT2D eigenvalue weighted by Crippen LogP contribution is 2.64. The molecule has 2 saturated heterocycles. The quantitative estimate of drug-likeness (QED) is 0.328. The number of alkyl halides is 1. The van der Waals surface area contributed by atoms with Gasteiger partial charge in [-0.3, -0.25) is 9.69 Å². The van der Waals surface area contributed by atoms with E-state index >= 15 is 0 Å². The minimum atomic E-state index is 0.00175. The van der Waals surface area contributed by atoms with Crippen LogP contribution in [0, 0.1) is 35.0 Å². The minimum absolute atomic E-state index is 0.00175. The van der Waals surface area contributed by atoms with Crippen LogP contribution in [0.3, 0.4) is 0 Å². The van der Waals surface area contributed by atoms with E-state index in [1.807, 2.05) is 6.08 Å². The van der Waals surface area contributed by atoms with Crippen LogP contribution in [0.2, 0.25) is 0 Å². The molecule has 6 aliphatic rings. The van der Waals surface area contributed by atoms with Gasteiger partial charge in [0, 0.05) is 37.4 Å². The summed E-state index contributed by atoms with van der Waals surface area (Å²) < 4.78 is 7.16. The lowest BCUT2D eigenvalue weighted by Gasteiger charge is -2.48. The summed E-state index contributed by atoms with van der Waals surface area (Å²) in [5.74, 6) is 4.57. The standard InChI is InChI=1S/C30H44ClNO2/c1-18-13-27-28(32(17-18)12-11-31)20(3)30(34-27)10-8-23-24-6-5-21-14-22(33)7-9-29(21,4)26(24)15-25(23)19(2)16-30/h14,18,20,23-24,26-28H,5-13,15-17H2,1-4H3/t18?,20-,23?,24?,26?,27?,28?,29?,30?/m1/s1. The number of ether oxygens (including phenoxy) is 1. The predicted molar refractivity (Wildman–Crippen MR) is 138 cm³/mol. The Morgan fingerprint density at radius 1 is 1.21 bits per heavy atom. The first-order chi connectivity index (χ1) is 16.3. The number of rotatable bonds is 2. The molecule has 0 aromatic carbocycles. The number of halogens is 1. The number of piperidine rings is 1. The molecule has 0 aromatic rings. The third kappa shape index (κ3) is 3.46. The molecule has 6 rings (SSSR count). The van der Waals surface area contributed by atoms with E-state index in [4.69, 9.17) is 16.3 Å². The fourth-order valence-electron chi connectivity index (χ4n) is 9.87. The van der Waals surface area contributed by atoms with E-state index in [1.54, 1.807) is 11.1 Å². The number of carbonyl (C=O) groups excluding carboxylic acids is 1. The van der Waals surface area contributed by atoms with E-state index in [9.17, 15) is 4.79 Å². The lowest BCUT2D eigenvalue weighted by molar-refractivity contribution is -0.116. The Kier molecular flexibility index (Phi) is 5.90. The largest absolute Gasteiger partial charge is 0.369 e. The molecule has 2 saturated carbocycles. The second-order valence-corrected chi connectivity index (χ2v) is 13.6. The maximum absolute atomic E-state index is 12.2. The molecule has 4 fully saturated rings. The van der Waals surface area contributed by atoms with Crippen molar-refractivity contribution in [3.63, 3.8) is 0 Å². The molecular formula is C30H44ClNO2. The Balaban J connectivity index is 1.29. The van der Waals surface area contributed by atoms with Crippen LogP contribution >= 0.6 is 11.6 Å². The number of carbonyl (C=O) groups is 1. The molecule has 9 atom stereocenters. The van der Waals surface area contributed by atoms with Crippen LogP contribution in [-0.2, 0) is 9.53 Å². The van der Waals surface area contributed by atoms with Crippen molar-refractivity contribution in [2.45, 2.75) is 103 Å². The first-order valence-electron chi connectivity index (χ1n) is 14.2. The van der Waals surface area contributed by atoms with Crippen LogP contribution in [0.25, 0.3) is 0 Å². The van der Waals surface area contributed by atoms with Crippen molar-refractivity contribution in [3.05, 3.63) is 22.8 Å². The maximum atomic E-state index is 12.2. The summed E-state index contributed by atoms with van der Waals surface area (Å²) in [7, 11) is 0. The molecule has 0 radical (unpaired) electrons. The van der Waals surface area contributed by atoms with Gasteiger partial charge in [0.25, 0.3) is 0 Å². The average Bonchev–Trinajstić information content (AvgIpc) is 3.25. The lowest BCUT2D eigenvalue weighted by atomic mass is 9.56. The zero-order valence-electron chi connectivity index (χ0n) is 21.7. The van der Waals surface area contributed by atoms with E-state index in [-0.39, 0.29) is 11.0 Å². The Hall–Kier alpha value is -0.640. The van der Waals surface area contributed by atoms with E-state index < -0.39 is 0 Å². The van der Waals surface area contributed by atoms with Crippen LogP contribution < -0.4 is 0 Å². The van der Waals surface area contributed by atoms with Crippen molar-refractivity contribution in [2.75, 3.05) is 19.0 Å². The van der Waals surface area contributed by atoms with Crippen molar-refractivity contribution in [3.8, 4) is 0 Å². The second kappa shape index (κ2) is 8.45. The fourth-order valence-corrected chi connectivity index (χ4v) is 10.1. The molecule has 0 bridgehead atoms. The first kappa shape index (κ1) is 23.7. The molecule has 2 heterocycles. The molecule has 4 aliphatic carbocycles. The molecule has 188 valence electrons. The number of hydrogen-bond donors (Lipinski definition) is 0. The number of allylic oxidation sites excluding steroid dienone is 3. The van der Waals surface area contributed by atoms with Crippen molar-refractivity contribution in [2.24, 2.45) is 35.0 Å². The third-order valence-electron chi connectivity index (χ3n) is 11.5. The molecule has 3 nitrogen and oxygen atoms in total. The van der Waals surface area contributed by atoms with Crippen molar-refractivity contribution in [1.82, 2.24) is 4.90 Å². The predicted octanol–water partition coefficient (Wildman–Crippen LogP) is 6.55. The average molecular weight is 486 g/mol. The smallest absolute Gasteiger partial charge is 0.155 e. The second-order valence-electron chi connectivity index (χ2n) is 13.2. The zero-order chi connectivity index (χ0) is 23.8. The van der Waals surface area contributed by atoms with Gasteiger partial charge in [-0.1, -0.05) is 37.5 Å². The molecular weight excluding hydrogens is 442 g/mol. The van der Waals surface area contributed by atoms with Crippen LogP contribution in [-0.4, -0.2) is 47.4 Å². The number of fused-ring (bicyclic) bond motifs is 6. The molecule has 34 heavy (non-hydrogen) atoms. The van der Waals surface area contributed by atoms with Gasteiger partial charge < -0.3 is 4.74 Å². The van der Waals surface area contributed by atoms with Crippen LogP contribution in [0.15, 0.2) is 22.8 Å². The van der Waals surface area contributed by atoms with Crippen molar-refractivity contribution < 1.29 is 9.53 Å². The minimum Gasteiger partial charge on any atom is -0.369 e. The Labute approximate surface area is 211 Å². The third-order valence-corrected chi connectivity index (χ3v) is 11.7. The Bertz CT molecular complexity index is 925. The van der Waals surface area contributed by atoms with Gasteiger partial charge in [0.15, 0.2) is 5.78 Å². The zero-order valence-corrected chi connectivity index (χ0v) is 22.5. The summed E-state index contributed by atoms with van der Waals surface area (Å²) in [5.41, 5.74) is 5.14. The van der Waals surface area contributed by atoms with Gasteiger partial charge >= 0.3 is 0 Å². The molecule has 0 aromatic heterocycles. The van der Waals surface area contributed by atoms with Gasteiger partial charge in [0.1, 0.15) is 0 Å². The highest BCUT2D eigenvalue weighted by Gasteiger charge is 2.59. The number of likely N-dealkylation sites (tertiary alicyclic amines) is 1. The molecule has 1 spiro atoms. The van der Waals surface area contributed by atoms with Gasteiger partial charge in [-0.2, -0.15) is 0 Å². The van der Waals surface area contributed by atoms with Gasteiger partial charge in [0.2, 0.25) is 0 Å². The molecule has 8 unspecified atom stereocenters. The van der Waals surface area contributed by atoms with E-state index in [0.717, 1.165) is 50.0 Å². The normalized spacial score (nSPS) is 48.8. The maximum Gasteiger partial charge on any atom is 0.155 e. The molecule has 0 amide bonds. The summed E-state index contributed by atoms with van der Waals surface area (Å²) >= 11 is 6.23. The Morgan fingerprint density at radius 3 is 2.82 bits per heavy atom. The summed E-state index contributed by atoms with van der Waals surface area (Å²) in [6, 6.07) is 0.527. The number of nitrogens with zero attached hydrogens (tertiary/aromatic N) is 1. The summed E-state index contributed by atoms with van der Waals surface area (Å²) in [6.45, 7) is 12.0. The highest BCUT2D eigenvalue weighted by molar-refractivity contribution is 6.18. The van der Waals surface area contributed by atoms with E-state index in [0.29, 0.717) is 35.6 Å². The van der Waals surface area contributed by atoms with Crippen LogP contribution in [0.4, 0.5) is 0 Å². The summed E-state index contributed by atoms with van der Waals surface area (Å²) in [5, 5.41) is 0. The SMILES string of the molecule is CC1=C2CC3C(CCC4=CC(=O)CCC43C)C2CCC2(C1)OC1CC(C)CN(CCCl)C1[C@H]2C. The van der Waals surface area contributed by atoms with Crippen molar-refractivity contribution >= 4 is 17.4 Å². The van der Waals surface area contributed by atoms with E-state index in [2.05, 4.69) is 32.6 Å². The topological polar surface area (TPSA) is 29.5 Å². The summed E-state index contributed by atoms with van der Waals surface area (Å²) in [4.78, 5) is 14.8. The fraction of sp³-hybridized carbons (Fsp3) is 0.833. The monoisotopic (exact) mass is 485 g/mol. The van der Waals surface area contributed by atoms with Gasteiger partial charge in [-0.05, 0) is 93.5 Å². The van der Waals surface area contributed by atoms with Gasteiger partial charge in [0.05, 0.1) is 11.7 Å². The van der Waals surface area contributed by atoms with Gasteiger partial charge in [-0.25, -0.2) is 0 Å². The van der Waals surface area contributed by atoms with Crippen molar-refractivity contribution in [1.29, 1.82) is 0 Å². The summed E-state index contributed by atoms with van der Waals surface area (Å²) in [6.07, 6.45) is 12.7. The lowest BCUT2D eigenvalue weighted by Crippen LogP contribution is -2.52. The molecule has 2 aliphatic heterocycles. The van der Waals surface area contributed by atoms with Crippen LogP contribution in [0.1, 0.15) is 85.5 Å². The first-order valence-corrected chi connectivity index (χ1v) is 14.7. The molecule has 0 N–H and O–H groups in total.